The molecule has 440 valence electrons. The summed E-state index contributed by atoms with van der Waals surface area (Å²) in [6.45, 7) is -1.22. The van der Waals surface area contributed by atoms with Gasteiger partial charge >= 0.3 is 0 Å². The Morgan fingerprint density at radius 1 is 0.658 bits per heavy atom. The molecule has 29 heteroatoms. The number of aliphatic hydroxyl groups excluding tert-OH is 7. The molecule has 13 N–H and O–H groups in total. The van der Waals surface area contributed by atoms with E-state index in [1.807, 2.05) is 9.86 Å². The van der Waals surface area contributed by atoms with Crippen molar-refractivity contribution < 1.29 is 74.0 Å². The number of hydrogen-bond acceptors (Lipinski definition) is 17. The van der Waals surface area contributed by atoms with Crippen molar-refractivity contribution in [2.24, 2.45) is 9.98 Å². The molecule has 0 aromatic heterocycles. The second-order valence-corrected chi connectivity index (χ2v) is 19.0. The minimum Gasteiger partial charge on any atom is -0.497 e. The SMILES string of the molecule is C/N=C1/N(C)CC(C(O)C2NC(=O)C(Cc3ccc(OC)cc3)NC(=O)C(C(C)c3ccccc3)NC(=O)CNC(=O)C(CO)NC(=O)C(C(O)C3CN(C)/C(=N/C)N3C3OC(CO)C(O)C(O)C3O)NC2=O)N1C.CI.CI. The van der Waals surface area contributed by atoms with Crippen LogP contribution in [0.15, 0.2) is 64.6 Å². The number of likely N-dealkylation sites (N-methyl/N-ethyl adjacent to an activating group) is 3. The van der Waals surface area contributed by atoms with Gasteiger partial charge in [0.05, 0.1) is 39.0 Å². The summed E-state index contributed by atoms with van der Waals surface area (Å²) in [5, 5.41) is 93.3. The molecule has 4 aliphatic rings. The predicted molar refractivity (Wildman–Crippen MR) is 306 cm³/mol. The van der Waals surface area contributed by atoms with Gasteiger partial charge in [0.2, 0.25) is 35.4 Å². The first kappa shape index (κ1) is 66.3. The number of benzene rings is 2. The fraction of sp³-hybridized carbons (Fsp3) is 0.600. The Labute approximate surface area is 486 Å². The second-order valence-electron chi connectivity index (χ2n) is 19.0. The topological polar surface area (TPSA) is 372 Å². The first-order valence-corrected chi connectivity index (χ1v) is 29.4. The van der Waals surface area contributed by atoms with E-state index in [2.05, 4.69) is 87.1 Å². The van der Waals surface area contributed by atoms with Crippen LogP contribution in [0, 0.1) is 0 Å². The number of nitrogens with one attached hydrogen (secondary N) is 6. The summed E-state index contributed by atoms with van der Waals surface area (Å²) in [4.78, 5) is 105. The monoisotopic (exact) mass is 1340 g/mol. The summed E-state index contributed by atoms with van der Waals surface area (Å²) in [6, 6.07) is 3.73. The van der Waals surface area contributed by atoms with Crippen molar-refractivity contribution in [3.63, 3.8) is 0 Å². The molecule has 4 aliphatic heterocycles. The average molecular weight is 1340 g/mol. The van der Waals surface area contributed by atoms with Gasteiger partial charge in [-0.3, -0.25) is 38.8 Å². The molecule has 6 amide bonds. The van der Waals surface area contributed by atoms with Crippen molar-refractivity contribution >= 4 is 92.5 Å². The highest BCUT2D eigenvalue weighted by Gasteiger charge is 2.54. The van der Waals surface area contributed by atoms with E-state index < -0.39 is 146 Å². The molecular formula is C50H76I2N12O15. The number of carbonyl (C=O) groups is 6. The number of amides is 6. The van der Waals surface area contributed by atoms with E-state index in [4.69, 9.17) is 9.47 Å². The average Bonchev–Trinajstić information content (AvgIpc) is 4.07. The van der Waals surface area contributed by atoms with Gasteiger partial charge in [-0.15, -0.1) is 0 Å². The zero-order valence-electron chi connectivity index (χ0n) is 45.4. The highest BCUT2D eigenvalue weighted by Crippen LogP contribution is 2.31. The minimum atomic E-state index is -2.19. The van der Waals surface area contributed by atoms with Crippen LogP contribution in [0.2, 0.25) is 0 Å². The molecule has 2 aromatic rings. The van der Waals surface area contributed by atoms with Gasteiger partial charge in [0.1, 0.15) is 72.6 Å². The van der Waals surface area contributed by atoms with Crippen molar-refractivity contribution in [3.05, 3.63) is 65.7 Å². The Morgan fingerprint density at radius 3 is 1.75 bits per heavy atom. The van der Waals surface area contributed by atoms with Crippen LogP contribution < -0.4 is 36.6 Å². The minimum absolute atomic E-state index is 0.00823. The number of alkyl halides is 2. The molecule has 4 saturated heterocycles. The van der Waals surface area contributed by atoms with E-state index in [9.17, 15) is 59.7 Å². The number of rotatable bonds is 12. The number of ether oxygens (including phenoxy) is 2. The third-order valence-corrected chi connectivity index (χ3v) is 14.1. The number of methoxy groups -OCH3 is 1. The lowest BCUT2D eigenvalue weighted by molar-refractivity contribution is -0.260. The smallest absolute Gasteiger partial charge is 0.246 e. The summed E-state index contributed by atoms with van der Waals surface area (Å²) in [6.07, 6.45) is -12.9. The molecule has 0 radical (unpaired) electrons. The maximum absolute atomic E-state index is 15.2. The summed E-state index contributed by atoms with van der Waals surface area (Å²) >= 11 is 4.30. The van der Waals surface area contributed by atoms with Gasteiger partial charge in [-0.25, -0.2) is 0 Å². The van der Waals surface area contributed by atoms with Gasteiger partial charge in [0.25, 0.3) is 0 Å². The number of aliphatic imine (C=N–C) groups is 2. The van der Waals surface area contributed by atoms with Gasteiger partial charge in [-0.05, 0) is 33.1 Å². The number of guanidine groups is 2. The number of carbonyl (C=O) groups excluding carboxylic acids is 6. The van der Waals surface area contributed by atoms with Crippen molar-refractivity contribution in [1.29, 1.82) is 0 Å². The molecule has 4 heterocycles. The number of halogens is 2. The summed E-state index contributed by atoms with van der Waals surface area (Å²) in [5.41, 5.74) is 1.11. The third kappa shape index (κ3) is 15.8. The molecule has 15 unspecified atom stereocenters. The lowest BCUT2D eigenvalue weighted by Gasteiger charge is -2.46. The summed E-state index contributed by atoms with van der Waals surface area (Å²) in [5.74, 6) is -6.32. The van der Waals surface area contributed by atoms with Crippen LogP contribution in [0.25, 0.3) is 0 Å². The molecule has 27 nitrogen and oxygen atoms in total. The summed E-state index contributed by atoms with van der Waals surface area (Å²) in [7, 11) is 9.11. The fourth-order valence-electron chi connectivity index (χ4n) is 9.90. The van der Waals surface area contributed by atoms with E-state index in [1.165, 1.54) is 38.1 Å². The van der Waals surface area contributed by atoms with Crippen LogP contribution in [0.3, 0.4) is 0 Å². The zero-order valence-corrected chi connectivity index (χ0v) is 49.7. The molecule has 2 aromatic carbocycles. The van der Waals surface area contributed by atoms with Crippen LogP contribution in [-0.2, 0) is 39.9 Å². The molecule has 0 spiro atoms. The van der Waals surface area contributed by atoms with Gasteiger partial charge in [0.15, 0.2) is 18.1 Å². The predicted octanol–water partition coefficient (Wildman–Crippen LogP) is -4.96. The van der Waals surface area contributed by atoms with E-state index in [-0.39, 0.29) is 25.5 Å². The third-order valence-electron chi connectivity index (χ3n) is 14.1. The van der Waals surface area contributed by atoms with Crippen LogP contribution in [0.5, 0.6) is 5.75 Å². The Hall–Kier alpha value is -5.26. The second kappa shape index (κ2) is 31.1. The van der Waals surface area contributed by atoms with E-state index in [1.54, 1.807) is 85.4 Å². The van der Waals surface area contributed by atoms with Crippen LogP contribution in [0.4, 0.5) is 0 Å². The molecule has 15 atom stereocenters. The van der Waals surface area contributed by atoms with E-state index >= 15 is 4.79 Å². The van der Waals surface area contributed by atoms with Gasteiger partial charge in [-0.1, -0.05) is 94.6 Å². The molecule has 6 rings (SSSR count). The fourth-order valence-corrected chi connectivity index (χ4v) is 9.90. The largest absolute Gasteiger partial charge is 0.497 e. The van der Waals surface area contributed by atoms with Crippen molar-refractivity contribution in [1.82, 2.24) is 51.5 Å². The summed E-state index contributed by atoms with van der Waals surface area (Å²) < 4.78 is 11.2. The molecular weight excluding hydrogens is 1260 g/mol. The number of nitrogens with zero attached hydrogens (tertiary/aromatic N) is 6. The Kier molecular flexibility index (Phi) is 26.1. The number of aliphatic hydroxyl groups is 7. The highest BCUT2D eigenvalue weighted by molar-refractivity contribution is 14.1. The normalized spacial score (nSPS) is 30.7. The maximum Gasteiger partial charge on any atom is 0.246 e. The zero-order chi connectivity index (χ0) is 59.0. The first-order valence-electron chi connectivity index (χ1n) is 25.1. The Balaban J connectivity index is 0.00000328. The van der Waals surface area contributed by atoms with Gasteiger partial charge in [0, 0.05) is 60.7 Å². The lowest BCUT2D eigenvalue weighted by atomic mass is 9.92. The van der Waals surface area contributed by atoms with Crippen LogP contribution in [-0.4, -0.2) is 273 Å². The molecule has 4 fully saturated rings. The van der Waals surface area contributed by atoms with Crippen molar-refractivity contribution in [2.75, 3.05) is 85.1 Å². The van der Waals surface area contributed by atoms with E-state index in [0.29, 0.717) is 22.8 Å². The van der Waals surface area contributed by atoms with Crippen LogP contribution >= 0.6 is 45.2 Å². The quantitative estimate of drug-likeness (QED) is 0.0699. The van der Waals surface area contributed by atoms with Gasteiger partial charge < -0.3 is 96.7 Å². The van der Waals surface area contributed by atoms with Crippen LogP contribution in [0.1, 0.15) is 24.0 Å². The van der Waals surface area contributed by atoms with E-state index in [0.717, 1.165) is 0 Å². The molecule has 79 heavy (non-hydrogen) atoms. The Bertz CT molecular complexity index is 2420. The Morgan fingerprint density at radius 2 is 1.19 bits per heavy atom. The lowest BCUT2D eigenvalue weighted by Crippen LogP contribution is -2.69. The molecule has 0 aliphatic carbocycles. The molecule has 0 bridgehead atoms. The standard InChI is InChI=1S/C48H70N12O15.2CH3I/c1-23(25-11-9-8-10-12-25)33-43(71)52-27(17-24-13-15-26(74-7)16-14-24)42(70)55-34(36(64)29-19-57(4)47(49-2)59(29)6)45(73)56-35(44(72)53-28(21-61)41(69)51-18-32(63)54-33)37(65)30-20-58(5)48(50-3)60(30)46-40(68)39(67)38(66)31(22-62)75-46;2*1-2/h8-16,23,27-31,33-40,46,61-62,64-68H,17-22H2,1-7H3,(H,51,69)(H,52,71)(H,53,72)(H,54,63)(H,55,70)(H,56,73);2*1H3/b49-47-,50-48-;;. The molecule has 0 saturated carbocycles. The number of hydrogen-bond donors (Lipinski definition) is 13. The van der Waals surface area contributed by atoms with Crippen molar-refractivity contribution in [2.45, 2.75) is 104 Å². The maximum atomic E-state index is 15.2. The first-order chi connectivity index (χ1) is 37.7. The van der Waals surface area contributed by atoms with Crippen molar-refractivity contribution in [3.8, 4) is 5.75 Å². The highest BCUT2D eigenvalue weighted by atomic mass is 127. The van der Waals surface area contributed by atoms with Gasteiger partial charge in [-0.2, -0.15) is 0 Å².